The van der Waals surface area contributed by atoms with Crippen molar-refractivity contribution in [3.63, 3.8) is 0 Å². The van der Waals surface area contributed by atoms with Gasteiger partial charge in [0, 0.05) is 148 Å². The van der Waals surface area contributed by atoms with Crippen molar-refractivity contribution in [3.8, 4) is 10.4 Å². The maximum atomic E-state index is 14.4. The van der Waals surface area contributed by atoms with Crippen LogP contribution in [0.15, 0.2) is 147 Å². The summed E-state index contributed by atoms with van der Waals surface area (Å²) in [5.74, 6) is -0.582. The van der Waals surface area contributed by atoms with Gasteiger partial charge in [0.1, 0.15) is 17.0 Å². The van der Waals surface area contributed by atoms with Gasteiger partial charge < -0.3 is 40.5 Å². The van der Waals surface area contributed by atoms with Crippen LogP contribution in [0.1, 0.15) is 106 Å². The number of carbonyl (C=O) groups is 5. The Labute approximate surface area is 654 Å². The van der Waals surface area contributed by atoms with E-state index in [2.05, 4.69) is 64.3 Å². The van der Waals surface area contributed by atoms with Crippen LogP contribution in [0.3, 0.4) is 0 Å². The monoisotopic (exact) mass is 1600 g/mol. The second-order valence-corrected chi connectivity index (χ2v) is 36.4. The first-order valence-corrected chi connectivity index (χ1v) is 42.6. The zero-order chi connectivity index (χ0) is 76.9. The van der Waals surface area contributed by atoms with Crippen molar-refractivity contribution >= 4 is 115 Å². The number of aromatic nitrogens is 1. The molecule has 0 saturated carbocycles. The second kappa shape index (κ2) is 37.1. The number of hydrogen-bond donors (Lipinski definition) is 5. The lowest BCUT2D eigenvalue weighted by Gasteiger charge is -2.44. The Bertz CT molecular complexity index is 4210. The first-order chi connectivity index (χ1) is 51.6. The SMILES string of the molecule is Cc1ncsc1-c1ccc([C@H](C)NC(=O)[C@@H]2C[C@@H](O)CN2C(=O)[C@@H](NC(=O)CCSCC(=O)N2CCN(CC3(C)CCC(c4ccc(Cl)cc4)=C(CN4CCN(c5ccc(C(=O)NSc6ccc(N[C@H](CCN7CCOCC7)CSc7ccccc7)c(S(=O)(=O)C(F)(F)F)c6)cc5)CC4)C3)CC2)C(C)(C)C)cc1. The fourth-order valence-electron chi connectivity index (χ4n) is 14.7. The second-order valence-electron chi connectivity index (χ2n) is 30.1. The third kappa shape index (κ3) is 21.9. The van der Waals surface area contributed by atoms with Gasteiger partial charge in [-0.3, -0.25) is 43.4 Å². The highest BCUT2D eigenvalue weighted by atomic mass is 35.5. The number of hydrogen-bond acceptors (Lipinski definition) is 19. The first kappa shape index (κ1) is 82.3. The number of amides is 5. The summed E-state index contributed by atoms with van der Waals surface area (Å²) >= 11 is 11.6. The molecule has 29 heteroatoms. The summed E-state index contributed by atoms with van der Waals surface area (Å²) in [5, 5.41) is 20.6. The lowest BCUT2D eigenvalue weighted by molar-refractivity contribution is -0.144. The molecule has 1 aromatic heterocycles. The van der Waals surface area contributed by atoms with E-state index < -0.39 is 61.7 Å². The number of alkyl halides is 3. The zero-order valence-corrected chi connectivity index (χ0v) is 66.9. The number of sulfone groups is 1. The molecule has 0 radical (unpaired) electrons. The minimum absolute atomic E-state index is 0.0194. The largest absolute Gasteiger partial charge is 0.501 e. The van der Waals surface area contributed by atoms with Gasteiger partial charge in [-0.25, -0.2) is 13.4 Å². The number of thiazole rings is 1. The molecule has 11 rings (SSSR count). The lowest BCUT2D eigenvalue weighted by atomic mass is 9.71. The number of β-amino-alcohol motifs (C(OH)–C–C–N with tert-alkyl or cyclic N) is 1. The summed E-state index contributed by atoms with van der Waals surface area (Å²) in [4.78, 5) is 87.4. The van der Waals surface area contributed by atoms with E-state index in [1.54, 1.807) is 23.5 Å². The van der Waals surface area contributed by atoms with Gasteiger partial charge >= 0.3 is 5.51 Å². The number of thioether (sulfide) groups is 2. The molecule has 6 aromatic rings. The van der Waals surface area contributed by atoms with E-state index in [0.29, 0.717) is 61.4 Å². The van der Waals surface area contributed by atoms with Crippen molar-refractivity contribution in [1.82, 2.24) is 44.8 Å². The predicted octanol–water partition coefficient (Wildman–Crippen LogP) is 12.2. The number of benzene rings is 5. The lowest BCUT2D eigenvalue weighted by Crippen LogP contribution is -2.57. The highest BCUT2D eigenvalue weighted by Crippen LogP contribution is 2.45. The molecule has 20 nitrogen and oxygen atoms in total. The van der Waals surface area contributed by atoms with Crippen LogP contribution in [-0.2, 0) is 33.8 Å². The minimum Gasteiger partial charge on any atom is -0.391 e. The predicted molar refractivity (Wildman–Crippen MR) is 426 cm³/mol. The van der Waals surface area contributed by atoms with Crippen molar-refractivity contribution in [3.05, 3.63) is 160 Å². The molecule has 4 aliphatic heterocycles. The van der Waals surface area contributed by atoms with Crippen LogP contribution in [0.5, 0.6) is 0 Å². The van der Waals surface area contributed by atoms with Gasteiger partial charge in [-0.05, 0) is 151 Å². The Hall–Kier alpha value is -6.70. The average Bonchev–Trinajstić information content (AvgIpc) is 0.916. The Morgan fingerprint density at radius 3 is 2.17 bits per heavy atom. The van der Waals surface area contributed by atoms with Crippen LogP contribution in [0.25, 0.3) is 16.0 Å². The normalized spacial score (nSPS) is 20.3. The molecule has 4 saturated heterocycles. The zero-order valence-electron chi connectivity index (χ0n) is 62.1. The average molecular weight is 1600 g/mol. The number of aliphatic hydroxyl groups excluding tert-OH is 1. The third-order valence-corrected chi connectivity index (χ3v) is 26.5. The Morgan fingerprint density at radius 2 is 1.50 bits per heavy atom. The van der Waals surface area contributed by atoms with Gasteiger partial charge in [0.25, 0.3) is 15.7 Å². The molecule has 108 heavy (non-hydrogen) atoms. The number of morpholine rings is 1. The van der Waals surface area contributed by atoms with Crippen molar-refractivity contribution in [1.29, 1.82) is 0 Å². The fraction of sp³-hybridized carbons (Fsp3) is 0.494. The molecule has 0 spiro atoms. The number of aliphatic hydroxyl groups is 1. The molecule has 5 aromatic carbocycles. The summed E-state index contributed by atoms with van der Waals surface area (Å²) in [6.45, 7) is 22.5. The van der Waals surface area contributed by atoms with Crippen molar-refractivity contribution in [2.75, 3.05) is 132 Å². The van der Waals surface area contributed by atoms with E-state index in [-0.39, 0.29) is 64.9 Å². The molecule has 5 heterocycles. The number of aryl methyl sites for hydroxylation is 1. The first-order valence-electron chi connectivity index (χ1n) is 36.9. The number of ether oxygens (including phenoxy) is 1. The topological polar surface area (TPSA) is 229 Å². The number of carbonyl (C=O) groups excluding carboxylic acids is 5. The van der Waals surface area contributed by atoms with E-state index in [1.807, 2.05) is 124 Å². The summed E-state index contributed by atoms with van der Waals surface area (Å²) in [5.41, 5.74) is 3.40. The van der Waals surface area contributed by atoms with Gasteiger partial charge in [-0.15, -0.1) is 23.1 Å². The summed E-state index contributed by atoms with van der Waals surface area (Å²) in [7, 11) is -5.81. The number of likely N-dealkylation sites (tertiary alicyclic amines) is 1. The number of nitrogens with one attached hydrogen (secondary N) is 4. The van der Waals surface area contributed by atoms with Crippen molar-refractivity contribution < 1.29 is 55.4 Å². The van der Waals surface area contributed by atoms with Crippen LogP contribution < -0.4 is 25.6 Å². The highest BCUT2D eigenvalue weighted by Gasteiger charge is 2.49. The smallest absolute Gasteiger partial charge is 0.391 e. The molecule has 1 aliphatic carbocycles. The summed E-state index contributed by atoms with van der Waals surface area (Å²) in [6.07, 6.45) is 2.61. The molecule has 4 fully saturated rings. The van der Waals surface area contributed by atoms with Crippen LogP contribution >= 0.6 is 58.4 Å². The van der Waals surface area contributed by atoms with E-state index in [4.69, 9.17) is 16.3 Å². The van der Waals surface area contributed by atoms with Crippen LogP contribution in [0.4, 0.5) is 24.5 Å². The number of rotatable bonds is 29. The van der Waals surface area contributed by atoms with Crippen molar-refractivity contribution in [2.45, 2.75) is 131 Å². The number of allylic oxidation sites excluding steroid dienone is 1. The number of halogens is 4. The van der Waals surface area contributed by atoms with E-state index in [9.17, 15) is 50.7 Å². The third-order valence-electron chi connectivity index (χ3n) is 20.9. The van der Waals surface area contributed by atoms with Gasteiger partial charge in [-0.1, -0.05) is 99.5 Å². The fourth-order valence-corrected chi connectivity index (χ4v) is 19.1. The number of piperazine rings is 2. The van der Waals surface area contributed by atoms with Crippen LogP contribution in [0.2, 0.25) is 5.02 Å². The molecule has 6 atom stereocenters. The molecule has 1 unspecified atom stereocenters. The molecular formula is C79H99ClF3N11O9S5. The number of anilines is 2. The highest BCUT2D eigenvalue weighted by molar-refractivity contribution is 8.00. The van der Waals surface area contributed by atoms with E-state index >= 15 is 0 Å². The summed E-state index contributed by atoms with van der Waals surface area (Å²) in [6, 6.07) is 34.0. The molecule has 582 valence electrons. The maximum Gasteiger partial charge on any atom is 0.501 e. The van der Waals surface area contributed by atoms with Gasteiger partial charge in [0.2, 0.25) is 23.6 Å². The Morgan fingerprint density at radius 1 is 0.815 bits per heavy atom. The number of nitrogens with zero attached hydrogens (tertiary/aromatic N) is 7. The standard InChI is InChI=1S/C79H99ClF3N11O9S5/c1-53(55-12-14-57(15-13-55)72-54(2)84-52-106-72)85-75(99)68-44-63(95)48-94(68)76(100)73(77(3,4)5)87-70(96)28-43-104-50-71(97)93-37-33-91(34-38-93)51-78(6)29-26-66(56-16-20-60(80)21-17-56)59(46-78)47-90-31-35-92(36-32-90)62-22-18-58(19-23-62)74(98)88-107-65-24-25-67(69(45-65)108(101,102)79(81,82)83)86-61(27-30-89-39-41-103-42-40-89)49-105-64-10-8-7-9-11-64/h7-25,45,52-53,61,63,68,73,86,95H,26-44,46-51H2,1-6H3,(H,85,99)(H,87,96)(H,88,98)/t53-,61+,63+,68-,73+,78?/m0/s1. The van der Waals surface area contributed by atoms with Gasteiger partial charge in [0.05, 0.1) is 52.9 Å². The molecular weight excluding hydrogens is 1500 g/mol. The minimum atomic E-state index is -5.81. The van der Waals surface area contributed by atoms with Crippen LogP contribution in [0, 0.1) is 17.8 Å². The van der Waals surface area contributed by atoms with E-state index in [1.165, 1.54) is 57.3 Å². The maximum absolute atomic E-state index is 14.4. The molecule has 5 N–H and O–H groups in total. The van der Waals surface area contributed by atoms with Gasteiger partial charge in [0.15, 0.2) is 0 Å². The Balaban J connectivity index is 0.625. The summed E-state index contributed by atoms with van der Waals surface area (Å²) < 4.78 is 77.7. The van der Waals surface area contributed by atoms with Crippen LogP contribution in [-0.4, -0.2) is 224 Å². The molecule has 5 amide bonds. The molecule has 5 aliphatic rings. The van der Waals surface area contributed by atoms with Gasteiger partial charge in [-0.2, -0.15) is 24.9 Å². The van der Waals surface area contributed by atoms with Crippen molar-refractivity contribution in [2.24, 2.45) is 10.8 Å². The van der Waals surface area contributed by atoms with E-state index in [0.717, 1.165) is 135 Å². The quantitative estimate of drug-likeness (QED) is 0.0167. The Kier molecular flexibility index (Phi) is 28.3. The molecule has 0 bridgehead atoms.